The fourth-order valence-electron chi connectivity index (χ4n) is 3.44. The highest BCUT2D eigenvalue weighted by Crippen LogP contribution is 2.40. The van der Waals surface area contributed by atoms with E-state index in [-0.39, 0.29) is 22.4 Å². The number of thiophene rings is 1. The van der Waals surface area contributed by atoms with Crippen LogP contribution in [0.3, 0.4) is 0 Å². The lowest BCUT2D eigenvalue weighted by atomic mass is 9.72. The van der Waals surface area contributed by atoms with Crippen molar-refractivity contribution in [2.24, 2.45) is 17.1 Å². The molecule has 1 aromatic heterocycles. The van der Waals surface area contributed by atoms with Gasteiger partial charge in [-0.25, -0.2) is 0 Å². The molecule has 2 aromatic rings. The molecule has 1 atom stereocenters. The molecule has 1 aliphatic rings. The number of benzene rings is 1. The number of nitrogens with one attached hydrogen (secondary N) is 2. The van der Waals surface area contributed by atoms with Crippen molar-refractivity contribution in [3.05, 3.63) is 56.8 Å². The van der Waals surface area contributed by atoms with Crippen molar-refractivity contribution in [2.45, 2.75) is 40.0 Å². The van der Waals surface area contributed by atoms with E-state index in [1.807, 2.05) is 6.07 Å². The van der Waals surface area contributed by atoms with E-state index in [9.17, 15) is 14.4 Å². The molecule has 1 aromatic carbocycles. The zero-order chi connectivity index (χ0) is 20.5. The Bertz CT molecular complexity index is 927. The lowest BCUT2D eigenvalue weighted by Gasteiger charge is -2.33. The van der Waals surface area contributed by atoms with E-state index in [1.165, 1.54) is 33.9 Å². The summed E-state index contributed by atoms with van der Waals surface area (Å²) in [5.41, 5.74) is 12.0. The minimum Gasteiger partial charge on any atom is -0.366 e. The maximum atomic E-state index is 12.5. The van der Waals surface area contributed by atoms with Crippen LogP contribution in [0.4, 0.5) is 0 Å². The first kappa shape index (κ1) is 20.1. The van der Waals surface area contributed by atoms with Crippen molar-refractivity contribution in [3.63, 3.8) is 0 Å². The maximum absolute atomic E-state index is 12.5. The van der Waals surface area contributed by atoms with Gasteiger partial charge in [-0.05, 0) is 60.4 Å². The van der Waals surface area contributed by atoms with E-state index in [0.717, 1.165) is 19.3 Å². The predicted octanol–water partition coefficient (Wildman–Crippen LogP) is 3.07. The van der Waals surface area contributed by atoms with E-state index in [2.05, 4.69) is 31.6 Å². The SMILES string of the molecule is CC(C)(C)[C@H]1CCc2sc(C(=O)NNC(=O)c3cccc(C(N)=O)c3)cc2C1. The molecule has 0 aliphatic heterocycles. The molecule has 0 spiro atoms. The van der Waals surface area contributed by atoms with Crippen molar-refractivity contribution in [3.8, 4) is 0 Å². The maximum Gasteiger partial charge on any atom is 0.279 e. The number of fused-ring (bicyclic) bond motifs is 1. The molecule has 7 heteroatoms. The molecule has 0 saturated carbocycles. The van der Waals surface area contributed by atoms with Crippen molar-refractivity contribution >= 4 is 29.1 Å². The van der Waals surface area contributed by atoms with Gasteiger partial charge in [0.15, 0.2) is 0 Å². The molecule has 148 valence electrons. The van der Waals surface area contributed by atoms with Crippen LogP contribution in [0, 0.1) is 11.3 Å². The Morgan fingerprint density at radius 3 is 2.43 bits per heavy atom. The van der Waals surface area contributed by atoms with Gasteiger partial charge in [-0.3, -0.25) is 25.2 Å². The zero-order valence-corrected chi connectivity index (χ0v) is 17.1. The molecule has 0 fully saturated rings. The number of hydrazine groups is 1. The van der Waals surface area contributed by atoms with Gasteiger partial charge in [-0.1, -0.05) is 26.8 Å². The van der Waals surface area contributed by atoms with E-state index < -0.39 is 11.8 Å². The molecule has 1 heterocycles. The van der Waals surface area contributed by atoms with Crippen molar-refractivity contribution < 1.29 is 14.4 Å². The molecular formula is C21H25N3O3S. The molecule has 28 heavy (non-hydrogen) atoms. The number of amides is 3. The molecule has 1 aliphatic carbocycles. The number of hydrogen-bond acceptors (Lipinski definition) is 4. The lowest BCUT2D eigenvalue weighted by molar-refractivity contribution is 0.0848. The molecule has 0 radical (unpaired) electrons. The Balaban J connectivity index is 1.63. The van der Waals surface area contributed by atoms with Gasteiger partial charge in [-0.15, -0.1) is 11.3 Å². The van der Waals surface area contributed by atoms with Gasteiger partial charge in [-0.2, -0.15) is 0 Å². The number of nitrogens with two attached hydrogens (primary N) is 1. The van der Waals surface area contributed by atoms with Crippen molar-refractivity contribution in [2.75, 3.05) is 0 Å². The molecule has 4 N–H and O–H groups in total. The monoisotopic (exact) mass is 399 g/mol. The Labute approximate surface area is 168 Å². The molecule has 3 amide bonds. The summed E-state index contributed by atoms with van der Waals surface area (Å²) in [6, 6.07) is 7.96. The summed E-state index contributed by atoms with van der Waals surface area (Å²) in [5, 5.41) is 0. The van der Waals surface area contributed by atoms with Gasteiger partial charge in [0.1, 0.15) is 0 Å². The van der Waals surface area contributed by atoms with Crippen LogP contribution in [0.5, 0.6) is 0 Å². The minimum absolute atomic E-state index is 0.235. The fraction of sp³-hybridized carbons (Fsp3) is 0.381. The molecule has 6 nitrogen and oxygen atoms in total. The van der Waals surface area contributed by atoms with Crippen LogP contribution in [0.2, 0.25) is 0 Å². The van der Waals surface area contributed by atoms with Gasteiger partial charge in [0.2, 0.25) is 5.91 Å². The summed E-state index contributed by atoms with van der Waals surface area (Å²) in [6.45, 7) is 6.77. The standard InChI is InChI=1S/C21H25N3O3S/c1-21(2,3)15-7-8-16-14(10-15)11-17(28-16)20(27)24-23-19(26)13-6-4-5-12(9-13)18(22)25/h4-6,9,11,15H,7-8,10H2,1-3H3,(H2,22,25)(H,23,26)(H,24,27)/t15-/m0/s1. The second kappa shape index (κ2) is 7.75. The third kappa shape index (κ3) is 4.42. The van der Waals surface area contributed by atoms with E-state index in [1.54, 1.807) is 12.1 Å². The minimum atomic E-state index is -0.614. The Kier molecular flexibility index (Phi) is 5.56. The number of aryl methyl sites for hydroxylation is 1. The van der Waals surface area contributed by atoms with Gasteiger partial charge in [0.05, 0.1) is 4.88 Å². The van der Waals surface area contributed by atoms with Crippen molar-refractivity contribution in [1.29, 1.82) is 0 Å². The lowest BCUT2D eigenvalue weighted by Crippen LogP contribution is -2.41. The summed E-state index contributed by atoms with van der Waals surface area (Å²) < 4.78 is 0. The van der Waals surface area contributed by atoms with Crippen LogP contribution >= 0.6 is 11.3 Å². The smallest absolute Gasteiger partial charge is 0.279 e. The second-order valence-electron chi connectivity index (χ2n) is 8.22. The van der Waals surface area contributed by atoms with E-state index in [0.29, 0.717) is 10.8 Å². The Morgan fingerprint density at radius 1 is 1.07 bits per heavy atom. The summed E-state index contributed by atoms with van der Waals surface area (Å²) in [6.07, 6.45) is 3.10. The summed E-state index contributed by atoms with van der Waals surface area (Å²) >= 11 is 1.49. The van der Waals surface area contributed by atoms with Gasteiger partial charge < -0.3 is 5.73 Å². The summed E-state index contributed by atoms with van der Waals surface area (Å²) in [7, 11) is 0. The number of hydrogen-bond donors (Lipinski definition) is 3. The quantitative estimate of drug-likeness (QED) is 0.691. The third-order valence-electron chi connectivity index (χ3n) is 5.23. The predicted molar refractivity (Wildman–Crippen MR) is 109 cm³/mol. The highest BCUT2D eigenvalue weighted by atomic mass is 32.1. The number of carbonyl (C=O) groups is 3. The molecule has 0 bridgehead atoms. The van der Waals surface area contributed by atoms with E-state index >= 15 is 0 Å². The van der Waals surface area contributed by atoms with Gasteiger partial charge in [0.25, 0.3) is 11.8 Å². The zero-order valence-electron chi connectivity index (χ0n) is 16.3. The van der Waals surface area contributed by atoms with Gasteiger partial charge >= 0.3 is 0 Å². The second-order valence-corrected chi connectivity index (χ2v) is 9.35. The Morgan fingerprint density at radius 2 is 1.75 bits per heavy atom. The molecular weight excluding hydrogens is 374 g/mol. The average molecular weight is 400 g/mol. The third-order valence-corrected chi connectivity index (χ3v) is 6.47. The van der Waals surface area contributed by atoms with Crippen LogP contribution in [-0.2, 0) is 12.8 Å². The number of rotatable bonds is 3. The molecule has 0 saturated heterocycles. The van der Waals surface area contributed by atoms with Gasteiger partial charge in [0, 0.05) is 16.0 Å². The first-order valence-electron chi connectivity index (χ1n) is 9.27. The summed E-state index contributed by atoms with van der Waals surface area (Å²) in [5.74, 6) is -0.865. The highest BCUT2D eigenvalue weighted by Gasteiger charge is 2.30. The van der Waals surface area contributed by atoms with Crippen molar-refractivity contribution in [1.82, 2.24) is 10.9 Å². The largest absolute Gasteiger partial charge is 0.366 e. The fourth-order valence-corrected chi connectivity index (χ4v) is 4.54. The normalized spacial score (nSPS) is 16.2. The van der Waals surface area contributed by atoms with Crippen LogP contribution in [0.25, 0.3) is 0 Å². The average Bonchev–Trinajstić information content (AvgIpc) is 3.08. The number of primary amides is 1. The topological polar surface area (TPSA) is 101 Å². The first-order valence-corrected chi connectivity index (χ1v) is 10.1. The molecule has 3 rings (SSSR count). The highest BCUT2D eigenvalue weighted by molar-refractivity contribution is 7.14. The Hall–Kier alpha value is -2.67. The number of carbonyl (C=O) groups excluding carboxylic acids is 3. The molecule has 0 unspecified atom stereocenters. The van der Waals surface area contributed by atoms with Crippen LogP contribution in [0.15, 0.2) is 30.3 Å². The van der Waals surface area contributed by atoms with Crippen LogP contribution in [0.1, 0.15) is 68.0 Å². The first-order chi connectivity index (χ1) is 13.1. The summed E-state index contributed by atoms with van der Waals surface area (Å²) in [4.78, 5) is 37.8. The van der Waals surface area contributed by atoms with Crippen LogP contribution < -0.4 is 16.6 Å². The van der Waals surface area contributed by atoms with E-state index in [4.69, 9.17) is 5.73 Å². The van der Waals surface area contributed by atoms with Crippen LogP contribution in [-0.4, -0.2) is 17.7 Å².